The molecule has 26 heavy (non-hydrogen) atoms. The minimum atomic E-state index is -0.908. The molecular formula is C22H28ClNO2. The summed E-state index contributed by atoms with van der Waals surface area (Å²) in [5.41, 5.74) is 1.12. The molecule has 0 saturated heterocycles. The molecule has 3 nitrogen and oxygen atoms in total. The summed E-state index contributed by atoms with van der Waals surface area (Å²) in [6.07, 6.45) is 2.47. The Bertz CT molecular complexity index is 706. The van der Waals surface area contributed by atoms with Crippen LogP contribution in [0.15, 0.2) is 54.6 Å². The summed E-state index contributed by atoms with van der Waals surface area (Å²) in [4.78, 5) is 2.13. The fraction of sp³-hybridized carbons (Fsp3) is 0.455. The van der Waals surface area contributed by atoms with Crippen LogP contribution in [0.2, 0.25) is 5.02 Å². The smallest absolute Gasteiger partial charge is 0.0953 e. The lowest BCUT2D eigenvalue weighted by atomic mass is 9.70. The van der Waals surface area contributed by atoms with E-state index in [2.05, 4.69) is 17.0 Å². The zero-order valence-electron chi connectivity index (χ0n) is 15.6. The second-order valence-corrected chi connectivity index (χ2v) is 7.96. The van der Waals surface area contributed by atoms with Gasteiger partial charge in [-0.1, -0.05) is 60.1 Å². The molecule has 1 fully saturated rings. The van der Waals surface area contributed by atoms with E-state index in [0.29, 0.717) is 18.1 Å². The van der Waals surface area contributed by atoms with Crippen molar-refractivity contribution < 1.29 is 9.84 Å². The Hall–Kier alpha value is -1.39. The van der Waals surface area contributed by atoms with Gasteiger partial charge >= 0.3 is 0 Å². The topological polar surface area (TPSA) is 32.7 Å². The van der Waals surface area contributed by atoms with Gasteiger partial charge in [0, 0.05) is 23.0 Å². The summed E-state index contributed by atoms with van der Waals surface area (Å²) in [6.45, 7) is 1.41. The number of nitrogens with zero attached hydrogens (tertiary/aromatic N) is 1. The lowest BCUT2D eigenvalue weighted by Gasteiger charge is -2.44. The maximum atomic E-state index is 11.6. The molecule has 0 aromatic heterocycles. The zero-order valence-corrected chi connectivity index (χ0v) is 16.3. The van der Waals surface area contributed by atoms with Gasteiger partial charge in [0.2, 0.25) is 0 Å². The predicted octanol–water partition coefficient (Wildman–Crippen LogP) is 4.47. The van der Waals surface area contributed by atoms with Crippen molar-refractivity contribution in [3.8, 4) is 0 Å². The summed E-state index contributed by atoms with van der Waals surface area (Å²) < 4.78 is 6.18. The van der Waals surface area contributed by atoms with Gasteiger partial charge in [-0.2, -0.15) is 0 Å². The standard InChI is InChI=1S/C22H28ClNO2/c1-24(2)15-18-14-19(26-16-17-8-4-3-5-9-17)12-13-22(18,25)20-10-6-7-11-21(20)23/h3-11,18-19,25H,12-16H2,1-2H3. The van der Waals surface area contributed by atoms with Crippen molar-refractivity contribution in [2.75, 3.05) is 20.6 Å². The highest BCUT2D eigenvalue weighted by Crippen LogP contribution is 2.45. The van der Waals surface area contributed by atoms with Crippen molar-refractivity contribution in [2.45, 2.75) is 37.6 Å². The molecule has 0 bridgehead atoms. The number of rotatable bonds is 6. The van der Waals surface area contributed by atoms with Gasteiger partial charge in [-0.15, -0.1) is 0 Å². The predicted molar refractivity (Wildman–Crippen MR) is 106 cm³/mol. The molecule has 3 atom stereocenters. The van der Waals surface area contributed by atoms with Crippen molar-refractivity contribution in [1.29, 1.82) is 0 Å². The lowest BCUT2D eigenvalue weighted by molar-refractivity contribution is -0.110. The second-order valence-electron chi connectivity index (χ2n) is 7.56. The van der Waals surface area contributed by atoms with Crippen LogP contribution in [0, 0.1) is 5.92 Å². The van der Waals surface area contributed by atoms with Crippen LogP contribution in [0.25, 0.3) is 0 Å². The van der Waals surface area contributed by atoms with Crippen molar-refractivity contribution >= 4 is 11.6 Å². The van der Waals surface area contributed by atoms with Gasteiger partial charge in [-0.25, -0.2) is 0 Å². The van der Waals surface area contributed by atoms with Crippen LogP contribution in [-0.4, -0.2) is 36.8 Å². The average Bonchev–Trinajstić information content (AvgIpc) is 2.63. The third kappa shape index (κ3) is 4.47. The molecule has 0 spiro atoms. The Kier molecular flexibility index (Phi) is 6.36. The summed E-state index contributed by atoms with van der Waals surface area (Å²) in [6, 6.07) is 17.9. The minimum absolute atomic E-state index is 0.0759. The van der Waals surface area contributed by atoms with Gasteiger partial charge < -0.3 is 14.7 Å². The molecule has 0 aliphatic heterocycles. The van der Waals surface area contributed by atoms with Crippen LogP contribution in [-0.2, 0) is 16.9 Å². The quantitative estimate of drug-likeness (QED) is 0.810. The zero-order chi connectivity index (χ0) is 18.6. The van der Waals surface area contributed by atoms with Crippen molar-refractivity contribution in [3.05, 3.63) is 70.7 Å². The Morgan fingerprint density at radius 1 is 1.12 bits per heavy atom. The molecule has 1 aliphatic carbocycles. The highest BCUT2D eigenvalue weighted by Gasteiger charge is 2.44. The van der Waals surface area contributed by atoms with E-state index in [1.165, 1.54) is 5.56 Å². The Morgan fingerprint density at radius 2 is 1.81 bits per heavy atom. The number of halogens is 1. The van der Waals surface area contributed by atoms with E-state index < -0.39 is 5.60 Å². The maximum Gasteiger partial charge on any atom is 0.0953 e. The second kappa shape index (κ2) is 8.53. The van der Waals surface area contributed by atoms with E-state index in [9.17, 15) is 5.11 Å². The molecule has 0 radical (unpaired) electrons. The van der Waals surface area contributed by atoms with E-state index >= 15 is 0 Å². The Balaban J connectivity index is 1.74. The van der Waals surface area contributed by atoms with E-state index in [1.54, 1.807) is 0 Å². The van der Waals surface area contributed by atoms with Gasteiger partial charge in [0.25, 0.3) is 0 Å². The number of benzene rings is 2. The van der Waals surface area contributed by atoms with Crippen molar-refractivity contribution in [1.82, 2.24) is 4.90 Å². The van der Waals surface area contributed by atoms with E-state index in [4.69, 9.17) is 16.3 Å². The highest BCUT2D eigenvalue weighted by atomic mass is 35.5. The first kappa shape index (κ1) is 19.4. The van der Waals surface area contributed by atoms with Crippen LogP contribution in [0.5, 0.6) is 0 Å². The molecule has 4 heteroatoms. The Labute approximate surface area is 161 Å². The fourth-order valence-corrected chi connectivity index (χ4v) is 4.29. The van der Waals surface area contributed by atoms with Crippen LogP contribution in [0.3, 0.4) is 0 Å². The monoisotopic (exact) mass is 373 g/mol. The largest absolute Gasteiger partial charge is 0.385 e. The van der Waals surface area contributed by atoms with Crippen molar-refractivity contribution in [3.63, 3.8) is 0 Å². The molecule has 3 rings (SSSR count). The number of hydrogen-bond acceptors (Lipinski definition) is 3. The van der Waals surface area contributed by atoms with Gasteiger partial charge in [-0.3, -0.25) is 0 Å². The first-order chi connectivity index (χ1) is 12.5. The minimum Gasteiger partial charge on any atom is -0.385 e. The summed E-state index contributed by atoms with van der Waals surface area (Å²) in [7, 11) is 4.09. The van der Waals surface area contributed by atoms with E-state index in [-0.39, 0.29) is 12.0 Å². The van der Waals surface area contributed by atoms with Crippen LogP contribution >= 0.6 is 11.6 Å². The summed E-state index contributed by atoms with van der Waals surface area (Å²) in [5, 5.41) is 12.2. The maximum absolute atomic E-state index is 11.6. The van der Waals surface area contributed by atoms with Gasteiger partial charge in [0.1, 0.15) is 0 Å². The van der Waals surface area contributed by atoms with Crippen LogP contribution in [0.4, 0.5) is 0 Å². The summed E-state index contributed by atoms with van der Waals surface area (Å²) >= 11 is 6.42. The van der Waals surface area contributed by atoms with E-state index in [1.807, 2.05) is 56.6 Å². The molecule has 0 amide bonds. The van der Waals surface area contributed by atoms with Crippen molar-refractivity contribution in [2.24, 2.45) is 5.92 Å². The molecular weight excluding hydrogens is 346 g/mol. The van der Waals surface area contributed by atoms with Gasteiger partial charge in [-0.05, 0) is 45.0 Å². The lowest BCUT2D eigenvalue weighted by Crippen LogP contribution is -2.47. The molecule has 3 unspecified atom stereocenters. The first-order valence-corrected chi connectivity index (χ1v) is 9.64. The third-order valence-electron chi connectivity index (χ3n) is 5.32. The molecule has 1 aliphatic rings. The van der Waals surface area contributed by atoms with Gasteiger partial charge in [0.05, 0.1) is 18.3 Å². The highest BCUT2D eigenvalue weighted by molar-refractivity contribution is 6.31. The fourth-order valence-electron chi connectivity index (χ4n) is 3.99. The van der Waals surface area contributed by atoms with E-state index in [0.717, 1.165) is 24.9 Å². The summed E-state index contributed by atoms with van der Waals surface area (Å²) in [5.74, 6) is 0.0759. The van der Waals surface area contributed by atoms with Crippen LogP contribution in [0.1, 0.15) is 30.4 Å². The number of aliphatic hydroxyl groups is 1. The third-order valence-corrected chi connectivity index (χ3v) is 5.65. The number of ether oxygens (including phenoxy) is 1. The number of hydrogen-bond donors (Lipinski definition) is 1. The van der Waals surface area contributed by atoms with Crippen LogP contribution < -0.4 is 0 Å². The molecule has 1 N–H and O–H groups in total. The normalized spacial score (nSPS) is 26.2. The molecule has 1 saturated carbocycles. The first-order valence-electron chi connectivity index (χ1n) is 9.26. The average molecular weight is 374 g/mol. The Morgan fingerprint density at radius 3 is 2.50 bits per heavy atom. The molecule has 140 valence electrons. The van der Waals surface area contributed by atoms with Gasteiger partial charge in [0.15, 0.2) is 0 Å². The SMILES string of the molecule is CN(C)CC1CC(OCc2ccccc2)CCC1(O)c1ccccc1Cl. The molecule has 2 aromatic rings. The molecule has 2 aromatic carbocycles. The molecule has 0 heterocycles.